The predicted molar refractivity (Wildman–Crippen MR) is 84.7 cm³/mol. The number of rotatable bonds is 4. The minimum Gasteiger partial charge on any atom is -0.314 e. The van der Waals surface area contributed by atoms with Gasteiger partial charge in [-0.05, 0) is 55.3 Å². The van der Waals surface area contributed by atoms with Gasteiger partial charge in [-0.1, -0.05) is 28.1 Å². The predicted octanol–water partition coefficient (Wildman–Crippen LogP) is 2.72. The average molecular weight is 358 g/mol. The fourth-order valence-electron chi connectivity index (χ4n) is 3.16. The summed E-state index contributed by atoms with van der Waals surface area (Å²) in [6.07, 6.45) is 3.17. The molecule has 1 unspecified atom stereocenters. The molecule has 2 aliphatic rings. The zero-order valence-corrected chi connectivity index (χ0v) is 13.8. The Hall–Kier alpha value is -0.390. The maximum atomic E-state index is 11.4. The molecule has 110 valence electrons. The molecule has 0 aromatic heterocycles. The Bertz CT molecular complexity index is 564. The zero-order valence-electron chi connectivity index (χ0n) is 11.4. The molecular weight excluding hydrogens is 338 g/mol. The zero-order chi connectivity index (χ0) is 14.2. The first kappa shape index (κ1) is 14.5. The molecule has 1 heterocycles. The summed E-state index contributed by atoms with van der Waals surface area (Å²) in [5, 5.41) is 3.54. The minimum atomic E-state index is -2.73. The van der Waals surface area contributed by atoms with Crippen molar-refractivity contribution < 1.29 is 8.42 Å². The topological polar surface area (TPSA) is 46.2 Å². The van der Waals surface area contributed by atoms with Crippen LogP contribution in [0.3, 0.4) is 0 Å². The third-order valence-corrected chi connectivity index (χ3v) is 6.87. The maximum Gasteiger partial charge on any atom is 0.150 e. The van der Waals surface area contributed by atoms with Gasteiger partial charge < -0.3 is 5.32 Å². The summed E-state index contributed by atoms with van der Waals surface area (Å²) in [7, 11) is -2.73. The highest BCUT2D eigenvalue weighted by molar-refractivity contribution is 9.10. The number of halogens is 1. The molecule has 5 heteroatoms. The molecule has 1 saturated carbocycles. The lowest BCUT2D eigenvalue weighted by Gasteiger charge is -2.37. The first-order chi connectivity index (χ1) is 9.52. The van der Waals surface area contributed by atoms with E-state index >= 15 is 0 Å². The molecule has 1 atom stereocenters. The second kappa shape index (κ2) is 5.78. The number of hydrogen-bond donors (Lipinski definition) is 1. The summed E-state index contributed by atoms with van der Waals surface area (Å²) in [4.78, 5) is 0. The van der Waals surface area contributed by atoms with Crippen LogP contribution in [0.1, 0.15) is 30.7 Å². The molecule has 2 fully saturated rings. The van der Waals surface area contributed by atoms with Crippen LogP contribution < -0.4 is 5.32 Å². The van der Waals surface area contributed by atoms with E-state index in [2.05, 4.69) is 45.5 Å². The minimum absolute atomic E-state index is 0.326. The molecule has 1 aliphatic carbocycles. The monoisotopic (exact) mass is 357 g/mol. The summed E-state index contributed by atoms with van der Waals surface area (Å²) < 4.78 is 23.9. The molecular formula is C15H20BrNO2S. The van der Waals surface area contributed by atoms with Gasteiger partial charge >= 0.3 is 0 Å². The Morgan fingerprint density at radius 2 is 1.90 bits per heavy atom. The van der Waals surface area contributed by atoms with Crippen molar-refractivity contribution in [2.45, 2.75) is 31.2 Å². The molecule has 0 amide bonds. The van der Waals surface area contributed by atoms with Crippen molar-refractivity contribution in [3.63, 3.8) is 0 Å². The Morgan fingerprint density at radius 1 is 1.20 bits per heavy atom. The van der Waals surface area contributed by atoms with Crippen LogP contribution in [0.5, 0.6) is 0 Å². The van der Waals surface area contributed by atoms with Crippen molar-refractivity contribution in [2.24, 2.45) is 5.92 Å². The van der Waals surface area contributed by atoms with Crippen LogP contribution in [0.2, 0.25) is 0 Å². The first-order valence-corrected chi connectivity index (χ1v) is 9.82. The van der Waals surface area contributed by atoms with Crippen molar-refractivity contribution in [3.05, 3.63) is 34.3 Å². The van der Waals surface area contributed by atoms with Gasteiger partial charge in [-0.2, -0.15) is 0 Å². The van der Waals surface area contributed by atoms with E-state index in [4.69, 9.17) is 0 Å². The maximum absolute atomic E-state index is 11.4. The van der Waals surface area contributed by atoms with E-state index in [1.54, 1.807) is 0 Å². The van der Waals surface area contributed by atoms with Crippen LogP contribution in [0.15, 0.2) is 28.7 Å². The van der Waals surface area contributed by atoms with Gasteiger partial charge in [0.2, 0.25) is 0 Å². The van der Waals surface area contributed by atoms with Crippen LogP contribution in [-0.2, 0) is 9.84 Å². The fraction of sp³-hybridized carbons (Fsp3) is 0.600. The third-order valence-electron chi connectivity index (χ3n) is 4.50. The quantitative estimate of drug-likeness (QED) is 0.900. The first-order valence-electron chi connectivity index (χ1n) is 7.21. The van der Waals surface area contributed by atoms with Crippen molar-refractivity contribution in [1.29, 1.82) is 0 Å². The van der Waals surface area contributed by atoms with E-state index in [9.17, 15) is 8.42 Å². The Kier molecular flexibility index (Phi) is 4.20. The standard InChI is InChI=1S/C15H20BrNO2S/c16-14-3-1-12(2-4-14)13-7-15(8-13)17-9-11-5-6-20(18,19)10-11/h1-4,11,13,15,17H,5-10H2. The highest BCUT2D eigenvalue weighted by Gasteiger charge is 2.32. The number of benzene rings is 1. The summed E-state index contributed by atoms with van der Waals surface area (Å²) in [5.41, 5.74) is 1.41. The third kappa shape index (κ3) is 3.43. The van der Waals surface area contributed by atoms with Crippen molar-refractivity contribution in [3.8, 4) is 0 Å². The van der Waals surface area contributed by atoms with Gasteiger partial charge in [0.05, 0.1) is 11.5 Å². The molecule has 20 heavy (non-hydrogen) atoms. The molecule has 0 radical (unpaired) electrons. The molecule has 1 aromatic rings. The number of nitrogens with one attached hydrogen (secondary N) is 1. The second-order valence-corrected chi connectivity index (χ2v) is 9.24. The lowest BCUT2D eigenvalue weighted by Crippen LogP contribution is -2.42. The summed E-state index contributed by atoms with van der Waals surface area (Å²) in [6.45, 7) is 0.858. The highest BCUT2D eigenvalue weighted by Crippen LogP contribution is 2.37. The Morgan fingerprint density at radius 3 is 2.50 bits per heavy atom. The van der Waals surface area contributed by atoms with E-state index in [-0.39, 0.29) is 0 Å². The summed E-state index contributed by atoms with van der Waals surface area (Å²) in [5.74, 6) is 1.74. The SMILES string of the molecule is O=S1(=O)CCC(CNC2CC(c3ccc(Br)cc3)C2)C1. The summed E-state index contributed by atoms with van der Waals surface area (Å²) in [6, 6.07) is 9.13. The molecule has 0 bridgehead atoms. The van der Waals surface area contributed by atoms with Crippen molar-refractivity contribution in [2.75, 3.05) is 18.1 Å². The van der Waals surface area contributed by atoms with Crippen LogP contribution >= 0.6 is 15.9 Å². The number of hydrogen-bond acceptors (Lipinski definition) is 3. The Balaban J connectivity index is 1.41. The van der Waals surface area contributed by atoms with Gasteiger partial charge in [-0.25, -0.2) is 8.42 Å². The Labute approximate surface area is 129 Å². The molecule has 1 aromatic carbocycles. The van der Waals surface area contributed by atoms with Crippen LogP contribution in [-0.4, -0.2) is 32.5 Å². The van der Waals surface area contributed by atoms with E-state index < -0.39 is 9.84 Å². The van der Waals surface area contributed by atoms with Crippen molar-refractivity contribution in [1.82, 2.24) is 5.32 Å². The van der Waals surface area contributed by atoms with Gasteiger partial charge in [-0.3, -0.25) is 0 Å². The average Bonchev–Trinajstić information content (AvgIpc) is 2.69. The lowest BCUT2D eigenvalue weighted by molar-refractivity contribution is 0.279. The highest BCUT2D eigenvalue weighted by atomic mass is 79.9. The van der Waals surface area contributed by atoms with E-state index in [0.717, 1.165) is 17.4 Å². The largest absolute Gasteiger partial charge is 0.314 e. The van der Waals surface area contributed by atoms with Crippen molar-refractivity contribution >= 4 is 25.8 Å². The lowest BCUT2D eigenvalue weighted by atomic mass is 9.76. The fourth-order valence-corrected chi connectivity index (χ4v) is 5.28. The smallest absolute Gasteiger partial charge is 0.150 e. The van der Waals surface area contributed by atoms with E-state index in [1.807, 2.05) is 0 Å². The van der Waals surface area contributed by atoms with E-state index in [1.165, 1.54) is 18.4 Å². The normalized spacial score (nSPS) is 31.9. The van der Waals surface area contributed by atoms with Crippen LogP contribution in [0.25, 0.3) is 0 Å². The van der Waals surface area contributed by atoms with E-state index in [0.29, 0.717) is 29.4 Å². The van der Waals surface area contributed by atoms with Crippen LogP contribution in [0, 0.1) is 5.92 Å². The second-order valence-electron chi connectivity index (χ2n) is 6.09. The van der Waals surface area contributed by atoms with Gasteiger partial charge in [0.1, 0.15) is 0 Å². The van der Waals surface area contributed by atoms with Gasteiger partial charge in [0.25, 0.3) is 0 Å². The summed E-state index contributed by atoms with van der Waals surface area (Å²) >= 11 is 3.46. The molecule has 0 spiro atoms. The molecule has 3 rings (SSSR count). The molecule has 3 nitrogen and oxygen atoms in total. The van der Waals surface area contributed by atoms with Gasteiger partial charge in [-0.15, -0.1) is 0 Å². The molecule has 1 saturated heterocycles. The molecule has 1 aliphatic heterocycles. The van der Waals surface area contributed by atoms with Crippen LogP contribution in [0.4, 0.5) is 0 Å². The molecule has 1 N–H and O–H groups in total. The number of sulfone groups is 1. The van der Waals surface area contributed by atoms with Gasteiger partial charge in [0, 0.05) is 10.5 Å². The van der Waals surface area contributed by atoms with Gasteiger partial charge in [0.15, 0.2) is 9.84 Å².